The number of hydrogen-bond donors (Lipinski definition) is 9. The molecule has 0 bridgehead atoms. The highest BCUT2D eigenvalue weighted by Crippen LogP contribution is 2.20. The highest BCUT2D eigenvalue weighted by Gasteiger charge is 2.68. The lowest BCUT2D eigenvalue weighted by atomic mass is 9.77. The van der Waals surface area contributed by atoms with E-state index in [2.05, 4.69) is 0 Å². The van der Waals surface area contributed by atoms with Gasteiger partial charge in [0.25, 0.3) is 11.1 Å². The molecule has 0 rings (SSSR count). The molecule has 0 radical (unpaired) electrons. The Hall–Kier alpha value is -3.99. The maximum absolute atomic E-state index is 10.6. The first-order valence-electron chi connectivity index (χ1n) is 5.49. The van der Waals surface area contributed by atoms with Crippen LogP contribution in [0, 0.1) is 0 Å². The molecule has 0 atom stereocenters. The molecule has 0 heterocycles. The van der Waals surface area contributed by atoms with E-state index in [0.717, 1.165) is 0 Å². The van der Waals surface area contributed by atoms with Gasteiger partial charge in [-0.25, -0.2) is 33.6 Å². The number of carbonyl (C=O) groups is 7. The summed E-state index contributed by atoms with van der Waals surface area (Å²) < 4.78 is 0. The molecular weight excluding hydrogens is 374 g/mol. The van der Waals surface area contributed by atoms with E-state index in [-0.39, 0.29) is 0 Å². The van der Waals surface area contributed by atoms with Crippen molar-refractivity contribution in [3.63, 3.8) is 0 Å². The first-order chi connectivity index (χ1) is 11.5. The third kappa shape index (κ3) is 4.30. The molecule has 0 saturated carbocycles. The van der Waals surface area contributed by atoms with E-state index >= 15 is 0 Å². The van der Waals surface area contributed by atoms with Gasteiger partial charge < -0.3 is 47.2 Å². The van der Waals surface area contributed by atoms with Crippen molar-refractivity contribution >= 4 is 42.2 Å². The van der Waals surface area contributed by atoms with Gasteiger partial charge in [-0.1, -0.05) is 0 Å². The smallest absolute Gasteiger partial charge is 0.426 e. The van der Waals surface area contributed by atoms with E-state index in [1.54, 1.807) is 0 Å². The van der Waals surface area contributed by atoms with E-state index in [4.69, 9.17) is 47.2 Å². The number of imide groups is 3. The van der Waals surface area contributed by atoms with Crippen molar-refractivity contribution in [1.82, 2.24) is 4.90 Å². The second-order valence-corrected chi connectivity index (χ2v) is 4.02. The number of carboxylic acids is 4. The van der Waals surface area contributed by atoms with Crippen molar-refractivity contribution in [3.8, 4) is 0 Å². The quantitative estimate of drug-likeness (QED) is 0.213. The zero-order chi connectivity index (χ0) is 21.6. The number of rotatable bonds is 5. The predicted octanol–water partition coefficient (Wildman–Crippen LogP) is -2.96. The van der Waals surface area contributed by atoms with Crippen molar-refractivity contribution in [2.24, 2.45) is 11.5 Å². The molecule has 0 aromatic rings. The minimum Gasteiger partial charge on any atom is -0.479 e. The second kappa shape index (κ2) is 8.21. The predicted molar refractivity (Wildman–Crippen MR) is 70.3 cm³/mol. The molecule has 26 heavy (non-hydrogen) atoms. The van der Waals surface area contributed by atoms with Crippen molar-refractivity contribution in [1.29, 1.82) is 0 Å². The summed E-state index contributed by atoms with van der Waals surface area (Å²) in [4.78, 5) is 70.9. The van der Waals surface area contributed by atoms with Gasteiger partial charge in [-0.05, 0) is 0 Å². The Bertz CT molecular complexity index is 571. The van der Waals surface area contributed by atoms with Crippen LogP contribution in [0.15, 0.2) is 0 Å². The van der Waals surface area contributed by atoms with Crippen LogP contribution in [0.5, 0.6) is 0 Å². The Morgan fingerprint density at radius 1 is 0.500 bits per heavy atom. The molecule has 0 fully saturated rings. The van der Waals surface area contributed by atoms with Gasteiger partial charge in [0.2, 0.25) is 0 Å². The number of carboxylic acid groups (broad SMARTS) is 7. The first kappa shape index (κ1) is 24.3. The standard InChI is InChI=1S/C6H8N2O8.C3H3NO6/c7-5(1(9)10,2(11)12)6(8,3(13)14)4(15)16;5-1(6)4(2(7)8)3(9)10/h7-8H2,(H,9,10)(H,11,12)(H,13,14)(H,15,16);(H,5,6)(H,7,8)(H,9,10). The molecule has 146 valence electrons. The summed E-state index contributed by atoms with van der Waals surface area (Å²) in [7, 11) is 0. The number of aliphatic carboxylic acids is 4. The lowest BCUT2D eigenvalue weighted by Gasteiger charge is -2.31. The van der Waals surface area contributed by atoms with Gasteiger partial charge in [0.15, 0.2) is 0 Å². The summed E-state index contributed by atoms with van der Waals surface area (Å²) in [6, 6.07) is 0. The average Bonchev–Trinajstić information content (AvgIpc) is 2.43. The highest BCUT2D eigenvalue weighted by molar-refractivity contribution is 6.19. The molecule has 0 spiro atoms. The van der Waals surface area contributed by atoms with Gasteiger partial charge in [-0.3, -0.25) is 0 Å². The fourth-order valence-corrected chi connectivity index (χ4v) is 1.10. The van der Waals surface area contributed by atoms with E-state index in [0.29, 0.717) is 0 Å². The summed E-state index contributed by atoms with van der Waals surface area (Å²) in [5, 5.41) is 57.7. The summed E-state index contributed by atoms with van der Waals surface area (Å²) in [6.07, 6.45) is -6.12. The molecule has 0 aromatic heterocycles. The van der Waals surface area contributed by atoms with Crippen LogP contribution in [-0.2, 0) is 19.2 Å². The van der Waals surface area contributed by atoms with E-state index < -0.39 is 58.1 Å². The maximum atomic E-state index is 10.6. The Labute approximate surface area is 140 Å². The van der Waals surface area contributed by atoms with Crippen LogP contribution in [0.1, 0.15) is 0 Å². The number of hydrogen-bond acceptors (Lipinski definition) is 9. The Kier molecular flexibility index (Phi) is 7.66. The summed E-state index contributed by atoms with van der Waals surface area (Å²) in [5.41, 5.74) is 2.18. The number of amides is 3. The molecule has 0 aliphatic rings. The van der Waals surface area contributed by atoms with Crippen LogP contribution in [0.3, 0.4) is 0 Å². The average molecular weight is 385 g/mol. The number of nitrogens with two attached hydrogens (primary N) is 2. The van der Waals surface area contributed by atoms with Crippen molar-refractivity contribution in [2.75, 3.05) is 0 Å². The lowest BCUT2D eigenvalue weighted by Crippen LogP contribution is -2.80. The van der Waals surface area contributed by atoms with Crippen molar-refractivity contribution in [2.45, 2.75) is 11.1 Å². The molecule has 0 unspecified atom stereocenters. The van der Waals surface area contributed by atoms with E-state index in [1.165, 1.54) is 0 Å². The normalized spacial score (nSPS) is 10.5. The molecule has 0 aliphatic carbocycles. The largest absolute Gasteiger partial charge is 0.479 e. The van der Waals surface area contributed by atoms with Gasteiger partial charge in [-0.15, -0.1) is 4.90 Å². The van der Waals surface area contributed by atoms with E-state index in [9.17, 15) is 33.6 Å². The zero-order valence-corrected chi connectivity index (χ0v) is 12.1. The topological polar surface area (TPSA) is 316 Å². The highest BCUT2D eigenvalue weighted by atomic mass is 16.5. The van der Waals surface area contributed by atoms with E-state index in [1.807, 2.05) is 0 Å². The molecule has 3 amide bonds. The number of nitrogens with zero attached hydrogens (tertiary/aromatic N) is 1. The summed E-state index contributed by atoms with van der Waals surface area (Å²) in [6.45, 7) is 0. The van der Waals surface area contributed by atoms with Crippen LogP contribution in [0.25, 0.3) is 0 Å². The van der Waals surface area contributed by atoms with Crippen molar-refractivity contribution in [3.05, 3.63) is 0 Å². The summed E-state index contributed by atoms with van der Waals surface area (Å²) in [5.74, 6) is -9.53. The van der Waals surface area contributed by atoms with Crippen LogP contribution in [0.2, 0.25) is 0 Å². The van der Waals surface area contributed by atoms with Crippen LogP contribution < -0.4 is 11.5 Å². The Morgan fingerprint density at radius 3 is 0.692 bits per heavy atom. The van der Waals surface area contributed by atoms with Crippen LogP contribution >= 0.6 is 0 Å². The zero-order valence-electron chi connectivity index (χ0n) is 12.1. The van der Waals surface area contributed by atoms with Crippen molar-refractivity contribution < 1.29 is 69.3 Å². The minimum atomic E-state index is -3.69. The molecule has 17 nitrogen and oxygen atoms in total. The second-order valence-electron chi connectivity index (χ2n) is 4.02. The Balaban J connectivity index is 0. The lowest BCUT2D eigenvalue weighted by molar-refractivity contribution is -0.176. The fourth-order valence-electron chi connectivity index (χ4n) is 1.10. The first-order valence-corrected chi connectivity index (χ1v) is 5.49. The maximum Gasteiger partial charge on any atom is 0.426 e. The van der Waals surface area contributed by atoms with Gasteiger partial charge in [0.1, 0.15) is 0 Å². The van der Waals surface area contributed by atoms with Gasteiger partial charge in [0.05, 0.1) is 0 Å². The van der Waals surface area contributed by atoms with Gasteiger partial charge in [-0.2, -0.15) is 0 Å². The van der Waals surface area contributed by atoms with Crippen LogP contribution in [0.4, 0.5) is 14.4 Å². The monoisotopic (exact) mass is 385 g/mol. The molecule has 0 aliphatic heterocycles. The van der Waals surface area contributed by atoms with Gasteiger partial charge >= 0.3 is 42.2 Å². The molecule has 11 N–H and O–H groups in total. The molecule has 0 aromatic carbocycles. The van der Waals surface area contributed by atoms with Crippen LogP contribution in [-0.4, -0.2) is 93.9 Å². The Morgan fingerprint density at radius 2 is 0.654 bits per heavy atom. The minimum absolute atomic E-state index is 0.750. The molecule has 0 saturated heterocycles. The molecular formula is C9H11N3O14. The van der Waals surface area contributed by atoms with Gasteiger partial charge in [0, 0.05) is 0 Å². The fraction of sp³-hybridized carbons (Fsp3) is 0.222. The summed E-state index contributed by atoms with van der Waals surface area (Å²) >= 11 is 0. The third-order valence-electron chi connectivity index (χ3n) is 2.55. The molecule has 17 heteroatoms. The SMILES string of the molecule is NC(C(=O)O)(C(=O)O)C(N)(C(=O)O)C(=O)O.O=C(O)N(C(=O)O)C(=O)O. The third-order valence-corrected chi connectivity index (χ3v) is 2.55.